The number of aryl methyl sites for hydroxylation is 1. The Kier molecular flexibility index (Phi) is 3.31. The molecule has 2 unspecified atom stereocenters. The summed E-state index contributed by atoms with van der Waals surface area (Å²) >= 11 is 1.90. The first-order valence-corrected chi connectivity index (χ1v) is 7.43. The Bertz CT molecular complexity index is 549. The normalized spacial score (nSPS) is 23.9. The lowest BCUT2D eigenvalue weighted by molar-refractivity contribution is 0.583. The van der Waals surface area contributed by atoms with Crippen LogP contribution in [0.2, 0.25) is 0 Å². The molecule has 1 heterocycles. The summed E-state index contributed by atoms with van der Waals surface area (Å²) in [5, 5.41) is 5.14. The summed E-state index contributed by atoms with van der Waals surface area (Å²) in [4.78, 5) is 8.08. The maximum Gasteiger partial charge on any atom is 0.166 e. The van der Waals surface area contributed by atoms with Crippen LogP contribution < -0.4 is 5.32 Å². The first-order valence-electron chi connectivity index (χ1n) is 6.55. The van der Waals surface area contributed by atoms with E-state index in [2.05, 4.69) is 47.5 Å². The van der Waals surface area contributed by atoms with Crippen molar-refractivity contribution < 1.29 is 0 Å². The Morgan fingerprint density at radius 1 is 1.39 bits per heavy atom. The third-order valence-corrected chi connectivity index (χ3v) is 4.86. The maximum atomic E-state index is 4.66. The minimum absolute atomic E-state index is 0.689. The molecule has 1 aromatic heterocycles. The second kappa shape index (κ2) is 4.94. The molecule has 0 amide bonds. The van der Waals surface area contributed by atoms with Gasteiger partial charge in [0.05, 0.1) is 11.0 Å². The van der Waals surface area contributed by atoms with Crippen LogP contribution in [0, 0.1) is 6.92 Å². The Balaban J connectivity index is 1.75. The molecule has 0 radical (unpaired) electrons. The number of benzene rings is 1. The van der Waals surface area contributed by atoms with Gasteiger partial charge in [-0.1, -0.05) is 17.8 Å². The number of thioether (sulfide) groups is 1. The smallest absolute Gasteiger partial charge is 0.166 e. The van der Waals surface area contributed by atoms with Crippen LogP contribution in [0.15, 0.2) is 23.4 Å². The van der Waals surface area contributed by atoms with Crippen molar-refractivity contribution in [1.82, 2.24) is 15.3 Å². The number of hydrogen-bond acceptors (Lipinski definition) is 3. The molecule has 1 aliphatic rings. The van der Waals surface area contributed by atoms with Crippen molar-refractivity contribution in [1.29, 1.82) is 0 Å². The Morgan fingerprint density at radius 2 is 2.28 bits per heavy atom. The third-order valence-electron chi connectivity index (χ3n) is 3.69. The highest BCUT2D eigenvalue weighted by Crippen LogP contribution is 2.34. The van der Waals surface area contributed by atoms with Crippen LogP contribution in [0.4, 0.5) is 0 Å². The average Bonchev–Trinajstić information content (AvgIpc) is 2.95. The maximum absolute atomic E-state index is 4.66. The van der Waals surface area contributed by atoms with E-state index in [0.717, 1.165) is 16.2 Å². The molecule has 0 aliphatic heterocycles. The second-order valence-electron chi connectivity index (χ2n) is 5.10. The molecule has 0 saturated heterocycles. The van der Waals surface area contributed by atoms with Gasteiger partial charge in [-0.25, -0.2) is 4.98 Å². The van der Waals surface area contributed by atoms with Crippen LogP contribution in [-0.2, 0) is 0 Å². The predicted octanol–water partition coefficient (Wildman–Crippen LogP) is 3.10. The molecule has 2 N–H and O–H groups in total. The number of hydrogen-bond donors (Lipinski definition) is 2. The average molecular weight is 261 g/mol. The minimum atomic E-state index is 0.689. The van der Waals surface area contributed by atoms with Gasteiger partial charge in [-0.3, -0.25) is 0 Å². The van der Waals surface area contributed by atoms with Crippen LogP contribution in [0.25, 0.3) is 11.0 Å². The van der Waals surface area contributed by atoms with Gasteiger partial charge < -0.3 is 10.3 Å². The number of nitrogens with one attached hydrogen (secondary N) is 2. The molecular formula is C14H19N3S. The fourth-order valence-corrected chi connectivity index (χ4v) is 3.84. The summed E-state index contributed by atoms with van der Waals surface area (Å²) in [6.07, 6.45) is 3.82. The molecule has 1 saturated carbocycles. The van der Waals surface area contributed by atoms with E-state index >= 15 is 0 Å². The van der Waals surface area contributed by atoms with Crippen molar-refractivity contribution >= 4 is 22.8 Å². The topological polar surface area (TPSA) is 40.7 Å². The largest absolute Gasteiger partial charge is 0.333 e. The van der Waals surface area contributed by atoms with Crippen molar-refractivity contribution in [3.05, 3.63) is 23.8 Å². The van der Waals surface area contributed by atoms with Gasteiger partial charge in [0.2, 0.25) is 0 Å². The van der Waals surface area contributed by atoms with Crippen LogP contribution >= 0.6 is 11.8 Å². The van der Waals surface area contributed by atoms with Crippen LogP contribution in [-0.4, -0.2) is 28.3 Å². The Morgan fingerprint density at radius 3 is 3.06 bits per heavy atom. The second-order valence-corrected chi connectivity index (χ2v) is 6.39. The fourth-order valence-electron chi connectivity index (χ4n) is 2.62. The van der Waals surface area contributed by atoms with Gasteiger partial charge in [-0.05, 0) is 50.9 Å². The standard InChI is InChI=1S/C14H19N3S/c1-9-3-6-12-13(7-9)17-14(16-12)18-11-5-4-10(8-11)15-2/h3,6-7,10-11,15H,4-5,8H2,1-2H3,(H,16,17). The molecule has 3 rings (SSSR count). The highest BCUT2D eigenvalue weighted by Gasteiger charge is 2.25. The zero-order valence-electron chi connectivity index (χ0n) is 10.9. The molecule has 2 atom stereocenters. The van der Waals surface area contributed by atoms with E-state index < -0.39 is 0 Å². The van der Waals surface area contributed by atoms with Crippen molar-refractivity contribution in [2.24, 2.45) is 0 Å². The lowest BCUT2D eigenvalue weighted by Crippen LogP contribution is -2.21. The summed E-state index contributed by atoms with van der Waals surface area (Å²) in [5.74, 6) is 0. The van der Waals surface area contributed by atoms with Gasteiger partial charge in [0.1, 0.15) is 0 Å². The molecule has 18 heavy (non-hydrogen) atoms. The molecule has 1 aliphatic carbocycles. The Labute approximate surface area is 112 Å². The van der Waals surface area contributed by atoms with E-state index in [1.165, 1.54) is 24.8 Å². The summed E-state index contributed by atoms with van der Waals surface area (Å²) in [6, 6.07) is 7.06. The van der Waals surface area contributed by atoms with Crippen molar-refractivity contribution in [3.63, 3.8) is 0 Å². The van der Waals surface area contributed by atoms with Gasteiger partial charge in [-0.15, -0.1) is 0 Å². The van der Waals surface area contributed by atoms with E-state index in [9.17, 15) is 0 Å². The molecular weight excluding hydrogens is 242 g/mol. The van der Waals surface area contributed by atoms with Gasteiger partial charge in [0, 0.05) is 11.3 Å². The quantitative estimate of drug-likeness (QED) is 0.892. The molecule has 0 bridgehead atoms. The molecule has 4 heteroatoms. The minimum Gasteiger partial charge on any atom is -0.333 e. The number of H-pyrrole nitrogens is 1. The summed E-state index contributed by atoms with van der Waals surface area (Å²) in [6.45, 7) is 2.11. The summed E-state index contributed by atoms with van der Waals surface area (Å²) < 4.78 is 0. The van der Waals surface area contributed by atoms with Crippen molar-refractivity contribution in [3.8, 4) is 0 Å². The lowest BCUT2D eigenvalue weighted by Gasteiger charge is -2.08. The van der Waals surface area contributed by atoms with Crippen LogP contribution in [0.1, 0.15) is 24.8 Å². The van der Waals surface area contributed by atoms with E-state index in [0.29, 0.717) is 11.3 Å². The Hall–Kier alpha value is -1.00. The zero-order valence-corrected chi connectivity index (χ0v) is 11.7. The SMILES string of the molecule is CNC1CCC(Sc2nc3ccc(C)cc3[nH]2)C1. The van der Waals surface area contributed by atoms with E-state index in [-0.39, 0.29) is 0 Å². The molecule has 0 spiro atoms. The van der Waals surface area contributed by atoms with E-state index in [4.69, 9.17) is 0 Å². The van der Waals surface area contributed by atoms with Crippen molar-refractivity contribution in [2.75, 3.05) is 7.05 Å². The third kappa shape index (κ3) is 2.40. The first kappa shape index (κ1) is 12.1. The molecule has 1 aromatic carbocycles. The fraction of sp³-hybridized carbons (Fsp3) is 0.500. The molecule has 1 fully saturated rings. The lowest BCUT2D eigenvalue weighted by atomic mass is 10.2. The zero-order chi connectivity index (χ0) is 12.5. The monoisotopic (exact) mass is 261 g/mol. The first-order chi connectivity index (χ1) is 8.74. The highest BCUT2D eigenvalue weighted by molar-refractivity contribution is 7.99. The van der Waals surface area contributed by atoms with E-state index in [1.54, 1.807) is 0 Å². The van der Waals surface area contributed by atoms with Crippen LogP contribution in [0.3, 0.4) is 0 Å². The number of fused-ring (bicyclic) bond motifs is 1. The summed E-state index contributed by atoms with van der Waals surface area (Å²) in [5.41, 5.74) is 3.51. The molecule has 96 valence electrons. The number of aromatic amines is 1. The van der Waals surface area contributed by atoms with Crippen LogP contribution in [0.5, 0.6) is 0 Å². The number of aromatic nitrogens is 2. The van der Waals surface area contributed by atoms with Gasteiger partial charge in [0.25, 0.3) is 0 Å². The molecule has 3 nitrogen and oxygen atoms in total. The highest BCUT2D eigenvalue weighted by atomic mass is 32.2. The number of nitrogens with zero attached hydrogens (tertiary/aromatic N) is 1. The van der Waals surface area contributed by atoms with Gasteiger partial charge >= 0.3 is 0 Å². The number of rotatable bonds is 3. The van der Waals surface area contributed by atoms with Crippen molar-refractivity contribution in [2.45, 2.75) is 42.6 Å². The number of imidazole rings is 1. The van der Waals surface area contributed by atoms with Gasteiger partial charge in [-0.2, -0.15) is 0 Å². The molecule has 2 aromatic rings. The van der Waals surface area contributed by atoms with Gasteiger partial charge in [0.15, 0.2) is 5.16 Å². The van der Waals surface area contributed by atoms with E-state index in [1.807, 2.05) is 11.8 Å². The summed E-state index contributed by atoms with van der Waals surface area (Å²) in [7, 11) is 2.06. The predicted molar refractivity (Wildman–Crippen MR) is 77.2 cm³/mol.